The summed E-state index contributed by atoms with van der Waals surface area (Å²) in [6.45, 7) is 0. The highest BCUT2D eigenvalue weighted by Gasteiger charge is 2.29. The Morgan fingerprint density at radius 1 is 1.44 bits per heavy atom. The molecule has 1 heterocycles. The number of benzene rings is 1. The van der Waals surface area contributed by atoms with E-state index in [2.05, 4.69) is 20.9 Å². The molecule has 1 aliphatic rings. The zero-order valence-corrected chi connectivity index (χ0v) is 9.97. The van der Waals surface area contributed by atoms with Gasteiger partial charge in [-0.1, -0.05) is 0 Å². The van der Waals surface area contributed by atoms with Gasteiger partial charge in [0.15, 0.2) is 6.29 Å². The Balaban J connectivity index is 2.37. The summed E-state index contributed by atoms with van der Waals surface area (Å²) < 4.78 is 13.9. The van der Waals surface area contributed by atoms with E-state index in [0.717, 1.165) is 30.3 Å². The van der Waals surface area contributed by atoms with E-state index in [-0.39, 0.29) is 5.82 Å². The predicted octanol–water partition coefficient (Wildman–Crippen LogP) is 3.76. The van der Waals surface area contributed by atoms with Crippen molar-refractivity contribution in [2.75, 3.05) is 0 Å². The van der Waals surface area contributed by atoms with Crippen molar-refractivity contribution in [3.8, 4) is 0 Å². The molecular formula is C12H9BrFNO. The van der Waals surface area contributed by atoms with Crippen molar-refractivity contribution in [3.63, 3.8) is 0 Å². The van der Waals surface area contributed by atoms with Gasteiger partial charge in [0.25, 0.3) is 0 Å². The fourth-order valence-corrected chi connectivity index (χ4v) is 2.61. The van der Waals surface area contributed by atoms with Crippen molar-refractivity contribution < 1.29 is 9.18 Å². The van der Waals surface area contributed by atoms with E-state index < -0.39 is 0 Å². The molecule has 4 heteroatoms. The minimum Gasteiger partial charge on any atom is -0.357 e. The van der Waals surface area contributed by atoms with Crippen LogP contribution in [0.2, 0.25) is 0 Å². The molecule has 0 unspecified atom stereocenters. The Kier molecular flexibility index (Phi) is 2.14. The Bertz CT molecular complexity index is 586. The lowest BCUT2D eigenvalue weighted by molar-refractivity contribution is 0.112. The molecule has 0 amide bonds. The van der Waals surface area contributed by atoms with Crippen molar-refractivity contribution in [1.82, 2.24) is 4.98 Å². The van der Waals surface area contributed by atoms with Gasteiger partial charge in [0.05, 0.1) is 5.52 Å². The minimum absolute atomic E-state index is 0.330. The first-order chi connectivity index (χ1) is 7.70. The summed E-state index contributed by atoms with van der Waals surface area (Å²) in [5, 5.41) is 0.670. The summed E-state index contributed by atoms with van der Waals surface area (Å²) in [4.78, 5) is 14.3. The van der Waals surface area contributed by atoms with Gasteiger partial charge >= 0.3 is 0 Å². The SMILES string of the molecule is O=Cc1c(C2CC2)[nH]c2c(Br)cc(F)cc12. The maximum atomic E-state index is 13.3. The van der Waals surface area contributed by atoms with Crippen LogP contribution < -0.4 is 0 Å². The van der Waals surface area contributed by atoms with Crippen molar-refractivity contribution in [3.05, 3.63) is 33.7 Å². The largest absolute Gasteiger partial charge is 0.357 e. The molecular weight excluding hydrogens is 273 g/mol. The molecule has 1 aliphatic carbocycles. The molecule has 1 aromatic carbocycles. The number of aromatic amines is 1. The molecule has 0 atom stereocenters. The van der Waals surface area contributed by atoms with Crippen LogP contribution >= 0.6 is 15.9 Å². The summed E-state index contributed by atoms with van der Waals surface area (Å²) in [6.07, 6.45) is 3.03. The van der Waals surface area contributed by atoms with Crippen LogP contribution in [-0.4, -0.2) is 11.3 Å². The van der Waals surface area contributed by atoms with Gasteiger partial charge in [-0.15, -0.1) is 0 Å². The average molecular weight is 282 g/mol. The number of H-pyrrole nitrogens is 1. The quantitative estimate of drug-likeness (QED) is 0.836. The normalized spacial score (nSPS) is 15.6. The van der Waals surface area contributed by atoms with Crippen molar-refractivity contribution in [1.29, 1.82) is 0 Å². The highest BCUT2D eigenvalue weighted by Crippen LogP contribution is 2.43. The van der Waals surface area contributed by atoms with E-state index in [9.17, 15) is 9.18 Å². The average Bonchev–Trinajstić information content (AvgIpc) is 3.00. The second kappa shape index (κ2) is 3.42. The Hall–Kier alpha value is -1.16. The van der Waals surface area contributed by atoms with Gasteiger partial charge in [0.1, 0.15) is 5.82 Å². The van der Waals surface area contributed by atoms with E-state index in [4.69, 9.17) is 0 Å². The van der Waals surface area contributed by atoms with Crippen molar-refractivity contribution >= 4 is 33.1 Å². The zero-order chi connectivity index (χ0) is 11.3. The number of halogens is 2. The third kappa shape index (κ3) is 1.40. The predicted molar refractivity (Wildman–Crippen MR) is 63.3 cm³/mol. The number of rotatable bonds is 2. The van der Waals surface area contributed by atoms with Gasteiger partial charge in [0, 0.05) is 21.1 Å². The van der Waals surface area contributed by atoms with Crippen LogP contribution in [0.3, 0.4) is 0 Å². The smallest absolute Gasteiger partial charge is 0.152 e. The van der Waals surface area contributed by atoms with E-state index in [1.165, 1.54) is 12.1 Å². The standard InChI is InChI=1S/C12H9BrFNO/c13-10-4-7(14)3-8-9(5-16)11(6-1-2-6)15-12(8)10/h3-6,15H,1-2H2. The van der Waals surface area contributed by atoms with Crippen LogP contribution in [0.15, 0.2) is 16.6 Å². The molecule has 0 spiro atoms. The number of hydrogen-bond acceptors (Lipinski definition) is 1. The van der Waals surface area contributed by atoms with Crippen LogP contribution in [0.1, 0.15) is 34.8 Å². The Labute approximate surface area is 100.0 Å². The molecule has 2 aromatic rings. The van der Waals surface area contributed by atoms with Crippen molar-refractivity contribution in [2.24, 2.45) is 0 Å². The van der Waals surface area contributed by atoms with Gasteiger partial charge in [-0.2, -0.15) is 0 Å². The number of carbonyl (C=O) groups excluding carboxylic acids is 1. The van der Waals surface area contributed by atoms with Crippen LogP contribution in [0.25, 0.3) is 10.9 Å². The summed E-state index contributed by atoms with van der Waals surface area (Å²) in [6, 6.07) is 2.82. The first kappa shape index (κ1) is 10.0. The topological polar surface area (TPSA) is 32.9 Å². The molecule has 1 fully saturated rings. The van der Waals surface area contributed by atoms with Gasteiger partial charge in [-0.3, -0.25) is 4.79 Å². The van der Waals surface area contributed by atoms with E-state index in [1.807, 2.05) is 0 Å². The Morgan fingerprint density at radius 2 is 2.19 bits per heavy atom. The molecule has 82 valence electrons. The molecule has 0 saturated heterocycles. The first-order valence-electron chi connectivity index (χ1n) is 5.16. The van der Waals surface area contributed by atoms with Crippen LogP contribution in [0, 0.1) is 5.82 Å². The van der Waals surface area contributed by atoms with Gasteiger partial charge < -0.3 is 4.98 Å². The summed E-state index contributed by atoms with van der Waals surface area (Å²) >= 11 is 3.31. The van der Waals surface area contributed by atoms with Gasteiger partial charge in [0.2, 0.25) is 0 Å². The minimum atomic E-state index is -0.330. The van der Waals surface area contributed by atoms with E-state index in [0.29, 0.717) is 21.3 Å². The van der Waals surface area contributed by atoms with Gasteiger partial charge in [-0.05, 0) is 46.8 Å². The Morgan fingerprint density at radius 3 is 2.81 bits per heavy atom. The lowest BCUT2D eigenvalue weighted by Crippen LogP contribution is -1.86. The van der Waals surface area contributed by atoms with Crippen LogP contribution in [-0.2, 0) is 0 Å². The van der Waals surface area contributed by atoms with Crippen molar-refractivity contribution in [2.45, 2.75) is 18.8 Å². The highest BCUT2D eigenvalue weighted by molar-refractivity contribution is 9.10. The van der Waals surface area contributed by atoms with Gasteiger partial charge in [-0.25, -0.2) is 4.39 Å². The van der Waals surface area contributed by atoms with E-state index >= 15 is 0 Å². The lowest BCUT2D eigenvalue weighted by Gasteiger charge is -1.95. The summed E-state index contributed by atoms with van der Waals surface area (Å²) in [5.74, 6) is 0.117. The fraction of sp³-hybridized carbons (Fsp3) is 0.250. The molecule has 16 heavy (non-hydrogen) atoms. The molecule has 0 bridgehead atoms. The number of nitrogens with one attached hydrogen (secondary N) is 1. The second-order valence-corrected chi connectivity index (χ2v) is 5.01. The number of fused-ring (bicyclic) bond motifs is 1. The third-order valence-electron chi connectivity index (χ3n) is 3.00. The maximum absolute atomic E-state index is 13.3. The molecule has 0 radical (unpaired) electrons. The molecule has 1 aromatic heterocycles. The van der Waals surface area contributed by atoms with E-state index in [1.54, 1.807) is 0 Å². The third-order valence-corrected chi connectivity index (χ3v) is 3.62. The van der Waals surface area contributed by atoms with Crippen LogP contribution in [0.5, 0.6) is 0 Å². The second-order valence-electron chi connectivity index (χ2n) is 4.15. The molecule has 1 N–H and O–H groups in total. The lowest BCUT2D eigenvalue weighted by atomic mass is 10.1. The number of aldehydes is 1. The maximum Gasteiger partial charge on any atom is 0.152 e. The zero-order valence-electron chi connectivity index (χ0n) is 8.39. The first-order valence-corrected chi connectivity index (χ1v) is 5.96. The molecule has 0 aliphatic heterocycles. The molecule has 3 rings (SSSR count). The number of carbonyl (C=O) groups is 1. The molecule has 2 nitrogen and oxygen atoms in total. The summed E-state index contributed by atoms with van der Waals surface area (Å²) in [5.41, 5.74) is 2.37. The number of aromatic nitrogens is 1. The monoisotopic (exact) mass is 281 g/mol. The summed E-state index contributed by atoms with van der Waals surface area (Å²) in [7, 11) is 0. The van der Waals surface area contributed by atoms with Crippen LogP contribution in [0.4, 0.5) is 4.39 Å². The fourth-order valence-electron chi connectivity index (χ4n) is 2.08. The molecule has 1 saturated carbocycles. The highest BCUT2D eigenvalue weighted by atomic mass is 79.9. The number of hydrogen-bond donors (Lipinski definition) is 1.